The molecule has 9 heteroatoms. The lowest BCUT2D eigenvalue weighted by atomic mass is 9.85. The van der Waals surface area contributed by atoms with Crippen molar-refractivity contribution < 1.29 is 39.9 Å². The lowest BCUT2D eigenvalue weighted by Gasteiger charge is -2.30. The Morgan fingerprint density at radius 1 is 0.842 bits per heavy atom. The third-order valence-corrected chi connectivity index (χ3v) is 6.20. The van der Waals surface area contributed by atoms with E-state index in [-0.39, 0.29) is 35.1 Å². The van der Waals surface area contributed by atoms with Crippen LogP contribution in [0, 0.1) is 5.92 Å². The first kappa shape index (κ1) is 28.2. The van der Waals surface area contributed by atoms with Crippen molar-refractivity contribution >= 4 is 24.1 Å². The van der Waals surface area contributed by atoms with Gasteiger partial charge in [-0.05, 0) is 86.1 Å². The van der Waals surface area contributed by atoms with Gasteiger partial charge in [-0.1, -0.05) is 18.7 Å². The zero-order valence-corrected chi connectivity index (χ0v) is 20.9. The van der Waals surface area contributed by atoms with Crippen LogP contribution in [0.25, 0.3) is 12.2 Å². The van der Waals surface area contributed by atoms with E-state index in [9.17, 15) is 19.8 Å². The second kappa shape index (κ2) is 13.2. The number of rotatable bonds is 8. The number of benzene rings is 2. The van der Waals surface area contributed by atoms with Crippen LogP contribution < -0.4 is 5.32 Å². The summed E-state index contributed by atoms with van der Waals surface area (Å²) in [5.74, 6) is -1.99. The first-order chi connectivity index (χ1) is 18.1. The normalized spacial score (nSPS) is 18.9. The molecule has 202 valence electrons. The Morgan fingerprint density at radius 3 is 1.95 bits per heavy atom. The van der Waals surface area contributed by atoms with Crippen molar-refractivity contribution in [2.45, 2.75) is 50.7 Å². The Bertz CT molecular complexity index is 1220. The zero-order chi connectivity index (χ0) is 27.7. The first-order valence-electron chi connectivity index (χ1n) is 12.4. The molecule has 0 spiro atoms. The van der Waals surface area contributed by atoms with Crippen molar-refractivity contribution in [2.24, 2.45) is 5.92 Å². The van der Waals surface area contributed by atoms with Crippen LogP contribution in [0.1, 0.15) is 49.7 Å². The Kier molecular flexibility index (Phi) is 9.81. The van der Waals surface area contributed by atoms with Crippen molar-refractivity contribution in [3.8, 4) is 23.0 Å². The molecule has 2 aliphatic rings. The molecule has 0 amide bonds. The van der Waals surface area contributed by atoms with Gasteiger partial charge in [-0.3, -0.25) is 0 Å². The van der Waals surface area contributed by atoms with E-state index in [0.717, 1.165) is 37.5 Å². The predicted octanol–water partition coefficient (Wildman–Crippen LogP) is 4.67. The van der Waals surface area contributed by atoms with Crippen LogP contribution in [0.5, 0.6) is 23.0 Å². The molecule has 0 heterocycles. The molecule has 38 heavy (non-hydrogen) atoms. The Labute approximate surface area is 221 Å². The summed E-state index contributed by atoms with van der Waals surface area (Å²) < 4.78 is 5.56. The number of allylic oxidation sites excluding steroid dienone is 1. The van der Waals surface area contributed by atoms with Crippen LogP contribution in [0.15, 0.2) is 60.8 Å². The number of ether oxygens (including phenoxy) is 1. The maximum atomic E-state index is 12.0. The van der Waals surface area contributed by atoms with E-state index in [1.165, 1.54) is 55.3 Å². The fourth-order valence-electron chi connectivity index (χ4n) is 4.00. The van der Waals surface area contributed by atoms with Crippen LogP contribution in [-0.4, -0.2) is 49.6 Å². The molecule has 2 unspecified atom stereocenters. The summed E-state index contributed by atoms with van der Waals surface area (Å²) in [6.07, 6.45) is 11.4. The highest BCUT2D eigenvalue weighted by Crippen LogP contribution is 2.32. The molecular formula is C29H33NO8. The van der Waals surface area contributed by atoms with Crippen molar-refractivity contribution in [3.05, 3.63) is 72.0 Å². The summed E-state index contributed by atoms with van der Waals surface area (Å²) >= 11 is 0. The topological polar surface area (TPSA) is 157 Å². The summed E-state index contributed by atoms with van der Waals surface area (Å²) in [7, 11) is 0. The van der Waals surface area contributed by atoms with Gasteiger partial charge in [0.2, 0.25) is 0 Å². The second-order valence-electron chi connectivity index (χ2n) is 9.37. The van der Waals surface area contributed by atoms with E-state index < -0.39 is 5.97 Å². The van der Waals surface area contributed by atoms with E-state index >= 15 is 0 Å². The van der Waals surface area contributed by atoms with E-state index in [2.05, 4.69) is 11.9 Å². The minimum absolute atomic E-state index is 0.0816. The molecule has 2 atom stereocenters. The summed E-state index contributed by atoms with van der Waals surface area (Å²) in [4.78, 5) is 22.2. The molecule has 2 aromatic rings. The van der Waals surface area contributed by atoms with Gasteiger partial charge in [0.05, 0.1) is 0 Å². The molecule has 6 N–H and O–H groups in total. The largest absolute Gasteiger partial charge is 0.504 e. The first-order valence-corrected chi connectivity index (χ1v) is 12.4. The van der Waals surface area contributed by atoms with Crippen molar-refractivity contribution in [1.82, 2.24) is 5.32 Å². The maximum Gasteiger partial charge on any atom is 0.331 e. The third-order valence-electron chi connectivity index (χ3n) is 6.20. The summed E-state index contributed by atoms with van der Waals surface area (Å²) in [6.45, 7) is 4.15. The molecule has 2 fully saturated rings. The van der Waals surface area contributed by atoms with Gasteiger partial charge in [-0.2, -0.15) is 0 Å². The number of carbonyl (C=O) groups excluding carboxylic acids is 1. The number of carboxylic acids is 1. The molecule has 4 rings (SSSR count). The molecule has 2 aromatic carbocycles. The lowest BCUT2D eigenvalue weighted by Crippen LogP contribution is -2.30. The minimum Gasteiger partial charge on any atom is -0.504 e. The van der Waals surface area contributed by atoms with E-state index in [1.807, 2.05) is 0 Å². The van der Waals surface area contributed by atoms with E-state index in [1.54, 1.807) is 12.1 Å². The van der Waals surface area contributed by atoms with Crippen molar-refractivity contribution in [1.29, 1.82) is 0 Å². The number of carbonyl (C=O) groups is 2. The minimum atomic E-state index is -1.06. The van der Waals surface area contributed by atoms with Crippen LogP contribution in [-0.2, 0) is 14.3 Å². The van der Waals surface area contributed by atoms with E-state index in [0.29, 0.717) is 23.1 Å². The van der Waals surface area contributed by atoms with Crippen LogP contribution in [0.4, 0.5) is 0 Å². The van der Waals surface area contributed by atoms with Gasteiger partial charge in [-0.25, -0.2) is 9.59 Å². The highest BCUT2D eigenvalue weighted by atomic mass is 16.5. The number of hydrogen-bond acceptors (Lipinski definition) is 8. The smallest absolute Gasteiger partial charge is 0.331 e. The summed E-state index contributed by atoms with van der Waals surface area (Å²) in [6, 6.07) is 9.04. The molecule has 2 aliphatic carbocycles. The molecule has 0 bridgehead atoms. The average Bonchev–Trinajstić information content (AvgIpc) is 3.70. The number of nitrogens with one attached hydrogen (secondary N) is 1. The number of aromatic hydroxyl groups is 4. The van der Waals surface area contributed by atoms with E-state index in [4.69, 9.17) is 20.1 Å². The van der Waals surface area contributed by atoms with Gasteiger partial charge >= 0.3 is 11.9 Å². The quantitative estimate of drug-likeness (QED) is 0.164. The molecule has 0 saturated heterocycles. The molecule has 0 aliphatic heterocycles. The summed E-state index contributed by atoms with van der Waals surface area (Å²) in [5, 5.41) is 48.5. The monoisotopic (exact) mass is 523 g/mol. The number of hydrogen-bond donors (Lipinski definition) is 6. The average molecular weight is 524 g/mol. The zero-order valence-electron chi connectivity index (χ0n) is 20.9. The number of carboxylic acid groups (broad SMARTS) is 1. The fraction of sp³-hybridized carbons (Fsp3) is 0.310. The van der Waals surface area contributed by atoms with Crippen molar-refractivity contribution in [2.75, 3.05) is 0 Å². The second-order valence-corrected chi connectivity index (χ2v) is 9.37. The van der Waals surface area contributed by atoms with Gasteiger partial charge in [-0.15, -0.1) is 0 Å². The fourth-order valence-corrected chi connectivity index (χ4v) is 4.00. The number of aliphatic carboxylic acids is 1. The van der Waals surface area contributed by atoms with Gasteiger partial charge in [0, 0.05) is 29.8 Å². The predicted molar refractivity (Wildman–Crippen MR) is 142 cm³/mol. The standard InChI is InChI=1S/C20H25NO4.C9H8O4/c1-13(21-16-7-8-16)15-3-2-4-17(12-15)25-20(24)10-6-14-5-9-18(22)19(23)11-14;10-7-3-1-6(5-8(7)11)2-4-9(12)13/h5-6,9-11,15-17,21-23H,1-4,7-8,12H2;1-5,10-11H,(H,12,13)/b10-6+;4-2+. The van der Waals surface area contributed by atoms with Crippen LogP contribution in [0.2, 0.25) is 0 Å². The SMILES string of the molecule is C=C(NC1CC1)C1CCCC(OC(=O)/C=C/c2ccc(O)c(O)c2)C1.O=C(O)/C=C/c1ccc(O)c(O)c1. The molecule has 0 radical (unpaired) electrons. The highest BCUT2D eigenvalue weighted by Gasteiger charge is 2.29. The highest BCUT2D eigenvalue weighted by molar-refractivity contribution is 5.87. The molecule has 0 aromatic heterocycles. The van der Waals surface area contributed by atoms with Gasteiger partial charge < -0.3 is 35.6 Å². The number of esters is 1. The van der Waals surface area contributed by atoms with Crippen LogP contribution in [0.3, 0.4) is 0 Å². The molecule has 2 saturated carbocycles. The van der Waals surface area contributed by atoms with Crippen molar-refractivity contribution in [3.63, 3.8) is 0 Å². The maximum absolute atomic E-state index is 12.0. The Morgan fingerprint density at radius 2 is 1.42 bits per heavy atom. The molecule has 9 nitrogen and oxygen atoms in total. The van der Waals surface area contributed by atoms with Gasteiger partial charge in [0.15, 0.2) is 23.0 Å². The van der Waals surface area contributed by atoms with Crippen LogP contribution >= 0.6 is 0 Å². The Hall–Kier alpha value is -4.40. The Balaban J connectivity index is 0.000000260. The molecular weight excluding hydrogens is 490 g/mol. The summed E-state index contributed by atoms with van der Waals surface area (Å²) in [5.41, 5.74) is 2.21. The number of phenolic OH excluding ortho intramolecular Hbond substituents is 4. The third kappa shape index (κ3) is 9.24. The van der Waals surface area contributed by atoms with Gasteiger partial charge in [0.25, 0.3) is 0 Å². The van der Waals surface area contributed by atoms with Gasteiger partial charge in [0.1, 0.15) is 6.10 Å². The lowest BCUT2D eigenvalue weighted by molar-refractivity contribution is -0.144. The number of phenols is 4.